The van der Waals surface area contributed by atoms with E-state index in [1.165, 1.54) is 6.20 Å². The Labute approximate surface area is 88.6 Å². The van der Waals surface area contributed by atoms with Crippen molar-refractivity contribution in [2.75, 3.05) is 0 Å². The molecule has 0 saturated heterocycles. The average Bonchev–Trinajstić information content (AvgIpc) is 2.22. The minimum absolute atomic E-state index is 0.596. The summed E-state index contributed by atoms with van der Waals surface area (Å²) in [4.78, 5) is 4.19. The SMILES string of the molecule is Cc1ccnc(-c2cc(C)cc[n+]2[O-])c1. The van der Waals surface area contributed by atoms with Crippen LogP contribution in [0, 0.1) is 19.1 Å². The summed E-state index contributed by atoms with van der Waals surface area (Å²) in [5.41, 5.74) is 3.47. The highest BCUT2D eigenvalue weighted by Crippen LogP contribution is 2.14. The van der Waals surface area contributed by atoms with E-state index in [2.05, 4.69) is 4.98 Å². The summed E-state index contributed by atoms with van der Waals surface area (Å²) >= 11 is 0. The first-order chi connectivity index (χ1) is 7.16. The molecule has 3 nitrogen and oxygen atoms in total. The van der Waals surface area contributed by atoms with Gasteiger partial charge in [0.25, 0.3) is 0 Å². The second kappa shape index (κ2) is 3.69. The van der Waals surface area contributed by atoms with Crippen molar-refractivity contribution >= 4 is 0 Å². The summed E-state index contributed by atoms with van der Waals surface area (Å²) in [6.45, 7) is 3.94. The van der Waals surface area contributed by atoms with Crippen molar-refractivity contribution in [1.82, 2.24) is 4.98 Å². The van der Waals surface area contributed by atoms with E-state index in [-0.39, 0.29) is 0 Å². The van der Waals surface area contributed by atoms with Gasteiger partial charge >= 0.3 is 0 Å². The Morgan fingerprint density at radius 3 is 2.60 bits per heavy atom. The summed E-state index contributed by atoms with van der Waals surface area (Å²) in [5, 5.41) is 11.6. The Bertz CT molecular complexity index is 495. The molecule has 2 rings (SSSR count). The maximum atomic E-state index is 11.6. The molecule has 0 unspecified atom stereocenters. The molecule has 2 aromatic heterocycles. The standard InChI is InChI=1S/C12H12N2O/c1-9-3-5-13-11(7-9)12-8-10(2)4-6-14(12)15/h3-8H,1-2H3. The molecule has 0 bridgehead atoms. The van der Waals surface area contributed by atoms with Gasteiger partial charge in [-0.3, -0.25) is 0 Å². The number of nitrogens with zero attached hydrogens (tertiary/aromatic N) is 2. The number of rotatable bonds is 1. The molecule has 15 heavy (non-hydrogen) atoms. The molecule has 0 aliphatic carbocycles. The lowest BCUT2D eigenvalue weighted by atomic mass is 10.1. The van der Waals surface area contributed by atoms with Crippen LogP contribution in [0.5, 0.6) is 0 Å². The highest BCUT2D eigenvalue weighted by Gasteiger charge is 2.09. The topological polar surface area (TPSA) is 39.8 Å². The van der Waals surface area contributed by atoms with Crippen LogP contribution in [0.4, 0.5) is 0 Å². The van der Waals surface area contributed by atoms with Crippen molar-refractivity contribution in [3.05, 3.63) is 53.0 Å². The van der Waals surface area contributed by atoms with Gasteiger partial charge in [0.15, 0.2) is 6.20 Å². The molecule has 0 N–H and O–H groups in total. The zero-order valence-corrected chi connectivity index (χ0v) is 8.77. The van der Waals surface area contributed by atoms with Crippen LogP contribution in [0.2, 0.25) is 0 Å². The summed E-state index contributed by atoms with van der Waals surface area (Å²) < 4.78 is 0.842. The Morgan fingerprint density at radius 1 is 1.13 bits per heavy atom. The third kappa shape index (κ3) is 1.96. The fourth-order valence-electron chi connectivity index (χ4n) is 1.46. The summed E-state index contributed by atoms with van der Waals surface area (Å²) in [5.74, 6) is 0. The Hall–Kier alpha value is -1.90. The first-order valence-corrected chi connectivity index (χ1v) is 4.79. The van der Waals surface area contributed by atoms with Crippen molar-refractivity contribution in [3.8, 4) is 11.4 Å². The molecule has 0 atom stereocenters. The van der Waals surface area contributed by atoms with E-state index in [1.807, 2.05) is 32.0 Å². The highest BCUT2D eigenvalue weighted by molar-refractivity contribution is 5.52. The van der Waals surface area contributed by atoms with Crippen LogP contribution in [0.1, 0.15) is 11.1 Å². The van der Waals surface area contributed by atoms with E-state index in [9.17, 15) is 5.21 Å². The first-order valence-electron chi connectivity index (χ1n) is 4.79. The van der Waals surface area contributed by atoms with E-state index >= 15 is 0 Å². The minimum Gasteiger partial charge on any atom is -0.618 e. The predicted molar refractivity (Wildman–Crippen MR) is 58.1 cm³/mol. The Kier molecular flexibility index (Phi) is 2.37. The van der Waals surface area contributed by atoms with Crippen molar-refractivity contribution in [3.63, 3.8) is 0 Å². The third-order valence-electron chi connectivity index (χ3n) is 2.25. The van der Waals surface area contributed by atoms with Crippen LogP contribution in [0.25, 0.3) is 11.4 Å². The molecule has 2 aromatic rings. The first kappa shape index (κ1) is 9.65. The molecule has 0 aliphatic heterocycles. The molecular formula is C12H12N2O. The van der Waals surface area contributed by atoms with E-state index < -0.39 is 0 Å². The van der Waals surface area contributed by atoms with E-state index in [4.69, 9.17) is 0 Å². The minimum atomic E-state index is 0.596. The van der Waals surface area contributed by atoms with Crippen molar-refractivity contribution in [2.24, 2.45) is 0 Å². The highest BCUT2D eigenvalue weighted by atomic mass is 16.5. The second-order valence-electron chi connectivity index (χ2n) is 3.63. The molecule has 3 heteroatoms. The van der Waals surface area contributed by atoms with Crippen LogP contribution < -0.4 is 4.73 Å². The van der Waals surface area contributed by atoms with E-state index in [1.54, 1.807) is 12.3 Å². The monoisotopic (exact) mass is 200 g/mol. The van der Waals surface area contributed by atoms with E-state index in [0.29, 0.717) is 11.4 Å². The molecular weight excluding hydrogens is 188 g/mol. The molecule has 76 valence electrons. The largest absolute Gasteiger partial charge is 0.618 e. The van der Waals surface area contributed by atoms with Gasteiger partial charge in [-0.05, 0) is 37.1 Å². The molecule has 0 saturated carbocycles. The average molecular weight is 200 g/mol. The Balaban J connectivity index is 2.58. The number of hydrogen-bond donors (Lipinski definition) is 0. The van der Waals surface area contributed by atoms with Crippen LogP contribution in [-0.4, -0.2) is 4.98 Å². The fourth-order valence-corrected chi connectivity index (χ4v) is 1.46. The maximum Gasteiger partial charge on any atom is 0.242 e. The smallest absolute Gasteiger partial charge is 0.242 e. The van der Waals surface area contributed by atoms with Crippen LogP contribution >= 0.6 is 0 Å². The van der Waals surface area contributed by atoms with Crippen LogP contribution in [-0.2, 0) is 0 Å². The van der Waals surface area contributed by atoms with Crippen molar-refractivity contribution < 1.29 is 4.73 Å². The molecule has 0 fully saturated rings. The van der Waals surface area contributed by atoms with E-state index in [0.717, 1.165) is 15.9 Å². The van der Waals surface area contributed by atoms with Crippen LogP contribution in [0.15, 0.2) is 36.7 Å². The van der Waals surface area contributed by atoms with Gasteiger partial charge in [-0.25, -0.2) is 4.98 Å². The molecule has 2 heterocycles. The summed E-state index contributed by atoms with van der Waals surface area (Å²) in [6, 6.07) is 7.44. The summed E-state index contributed by atoms with van der Waals surface area (Å²) in [6.07, 6.45) is 3.22. The quantitative estimate of drug-likeness (QED) is 0.521. The van der Waals surface area contributed by atoms with Crippen molar-refractivity contribution in [2.45, 2.75) is 13.8 Å². The molecule has 0 radical (unpaired) electrons. The fraction of sp³-hybridized carbons (Fsp3) is 0.167. The number of pyridine rings is 2. The second-order valence-corrected chi connectivity index (χ2v) is 3.63. The van der Waals surface area contributed by atoms with Gasteiger partial charge in [-0.1, -0.05) is 0 Å². The van der Waals surface area contributed by atoms with Gasteiger partial charge in [-0.2, -0.15) is 4.73 Å². The normalized spacial score (nSPS) is 10.3. The van der Waals surface area contributed by atoms with Gasteiger partial charge in [0, 0.05) is 18.3 Å². The number of aromatic nitrogens is 2. The lowest BCUT2D eigenvalue weighted by Crippen LogP contribution is -2.28. The van der Waals surface area contributed by atoms with Gasteiger partial charge in [0.1, 0.15) is 5.69 Å². The number of hydrogen-bond acceptors (Lipinski definition) is 2. The van der Waals surface area contributed by atoms with Crippen molar-refractivity contribution in [1.29, 1.82) is 0 Å². The predicted octanol–water partition coefficient (Wildman–Crippen LogP) is 2.00. The zero-order chi connectivity index (χ0) is 10.8. The van der Waals surface area contributed by atoms with Gasteiger partial charge in [0.05, 0.1) is 0 Å². The molecule has 0 aliphatic rings. The lowest BCUT2D eigenvalue weighted by Gasteiger charge is -2.04. The third-order valence-corrected chi connectivity index (χ3v) is 2.25. The molecule has 0 amide bonds. The van der Waals surface area contributed by atoms with Crippen LogP contribution in [0.3, 0.4) is 0 Å². The van der Waals surface area contributed by atoms with Gasteiger partial charge in [0.2, 0.25) is 5.69 Å². The number of aryl methyl sites for hydroxylation is 2. The molecule has 0 aromatic carbocycles. The zero-order valence-electron chi connectivity index (χ0n) is 8.77. The Morgan fingerprint density at radius 2 is 1.87 bits per heavy atom. The maximum absolute atomic E-state index is 11.6. The summed E-state index contributed by atoms with van der Waals surface area (Å²) in [7, 11) is 0. The lowest BCUT2D eigenvalue weighted by molar-refractivity contribution is -0.593. The van der Waals surface area contributed by atoms with Gasteiger partial charge < -0.3 is 5.21 Å². The van der Waals surface area contributed by atoms with Gasteiger partial charge in [-0.15, -0.1) is 0 Å². The molecule has 0 spiro atoms.